The lowest BCUT2D eigenvalue weighted by molar-refractivity contribution is 0.684. The van der Waals surface area contributed by atoms with Crippen molar-refractivity contribution in [2.45, 2.75) is 38.0 Å². The van der Waals surface area contributed by atoms with Gasteiger partial charge < -0.3 is 0 Å². The van der Waals surface area contributed by atoms with E-state index < -0.39 is 0 Å². The molecule has 0 N–H and O–H groups in total. The Hall–Kier alpha value is -0.790. The van der Waals surface area contributed by atoms with Gasteiger partial charge in [-0.05, 0) is 72.6 Å². The Labute approximate surface area is 134 Å². The average molecular weight is 350 g/mol. The molecular formula is C18H18BrCl. The molecular weight excluding hydrogens is 332 g/mol. The molecule has 0 amide bonds. The van der Waals surface area contributed by atoms with Crippen LogP contribution in [0.3, 0.4) is 0 Å². The molecule has 0 saturated heterocycles. The molecule has 2 heteroatoms. The molecule has 1 aliphatic rings. The number of hydrogen-bond acceptors (Lipinski definition) is 0. The van der Waals surface area contributed by atoms with Crippen molar-refractivity contribution in [1.82, 2.24) is 0 Å². The van der Waals surface area contributed by atoms with Gasteiger partial charge in [0.1, 0.15) is 0 Å². The maximum Gasteiger partial charge on any atom is 0.0838 e. The van der Waals surface area contributed by atoms with Crippen molar-refractivity contribution in [2.75, 3.05) is 0 Å². The summed E-state index contributed by atoms with van der Waals surface area (Å²) >= 11 is 10.3. The minimum atomic E-state index is -0.0697. The summed E-state index contributed by atoms with van der Waals surface area (Å²) in [5, 5.41) is -0.0697. The van der Waals surface area contributed by atoms with Crippen molar-refractivity contribution in [1.29, 1.82) is 0 Å². The van der Waals surface area contributed by atoms with Gasteiger partial charge in [-0.1, -0.05) is 40.2 Å². The summed E-state index contributed by atoms with van der Waals surface area (Å²) in [6.07, 6.45) is 5.05. The van der Waals surface area contributed by atoms with Crippen molar-refractivity contribution in [2.24, 2.45) is 0 Å². The number of benzene rings is 2. The van der Waals surface area contributed by atoms with Crippen LogP contribution >= 0.6 is 27.5 Å². The highest BCUT2D eigenvalue weighted by Crippen LogP contribution is 2.34. The maximum absolute atomic E-state index is 6.73. The molecule has 20 heavy (non-hydrogen) atoms. The van der Waals surface area contributed by atoms with Crippen molar-refractivity contribution >= 4 is 27.5 Å². The number of rotatable bonds is 2. The Morgan fingerprint density at radius 3 is 2.55 bits per heavy atom. The number of halogens is 2. The molecule has 0 aromatic heterocycles. The molecule has 0 heterocycles. The minimum absolute atomic E-state index is 0.0697. The Balaban J connectivity index is 1.97. The fourth-order valence-electron chi connectivity index (χ4n) is 2.97. The summed E-state index contributed by atoms with van der Waals surface area (Å²) in [6, 6.07) is 13.1. The van der Waals surface area contributed by atoms with E-state index in [1.807, 2.05) is 0 Å². The topological polar surface area (TPSA) is 0 Å². The van der Waals surface area contributed by atoms with E-state index >= 15 is 0 Å². The summed E-state index contributed by atoms with van der Waals surface area (Å²) in [4.78, 5) is 0. The van der Waals surface area contributed by atoms with E-state index in [4.69, 9.17) is 11.6 Å². The highest BCUT2D eigenvalue weighted by Gasteiger charge is 2.16. The lowest BCUT2D eigenvalue weighted by Crippen LogP contribution is -2.04. The smallest absolute Gasteiger partial charge is 0.0838 e. The van der Waals surface area contributed by atoms with Gasteiger partial charge in [-0.2, -0.15) is 0 Å². The third-order valence-corrected chi connectivity index (χ3v) is 5.16. The van der Waals surface area contributed by atoms with Gasteiger partial charge in [0, 0.05) is 4.47 Å². The van der Waals surface area contributed by atoms with Crippen molar-refractivity contribution in [3.05, 3.63) is 68.7 Å². The van der Waals surface area contributed by atoms with Gasteiger partial charge >= 0.3 is 0 Å². The summed E-state index contributed by atoms with van der Waals surface area (Å²) in [6.45, 7) is 2.12. The zero-order valence-corrected chi connectivity index (χ0v) is 14.0. The summed E-state index contributed by atoms with van der Waals surface area (Å²) in [7, 11) is 0. The fourth-order valence-corrected chi connectivity index (χ4v) is 3.72. The Morgan fingerprint density at radius 1 is 1.00 bits per heavy atom. The van der Waals surface area contributed by atoms with Gasteiger partial charge in [0.25, 0.3) is 0 Å². The lowest BCUT2D eigenvalue weighted by atomic mass is 9.89. The number of aryl methyl sites for hydroxylation is 3. The van der Waals surface area contributed by atoms with Gasteiger partial charge in [0.2, 0.25) is 0 Å². The van der Waals surface area contributed by atoms with Gasteiger partial charge in [0.15, 0.2) is 0 Å². The second kappa shape index (κ2) is 5.91. The Morgan fingerprint density at radius 2 is 1.75 bits per heavy atom. The van der Waals surface area contributed by atoms with E-state index in [9.17, 15) is 0 Å². The second-order valence-corrected chi connectivity index (χ2v) is 6.95. The third kappa shape index (κ3) is 2.80. The normalized spacial score (nSPS) is 15.8. The van der Waals surface area contributed by atoms with Gasteiger partial charge in [-0.25, -0.2) is 0 Å². The highest BCUT2D eigenvalue weighted by molar-refractivity contribution is 9.10. The quantitative estimate of drug-likeness (QED) is 0.586. The molecule has 2 aromatic rings. The molecule has 0 aliphatic heterocycles. The van der Waals surface area contributed by atoms with Crippen LogP contribution in [-0.4, -0.2) is 0 Å². The van der Waals surface area contributed by atoms with Crippen molar-refractivity contribution in [3.63, 3.8) is 0 Å². The van der Waals surface area contributed by atoms with Crippen LogP contribution in [0.2, 0.25) is 0 Å². The molecule has 0 bridgehead atoms. The first-order chi connectivity index (χ1) is 9.65. The van der Waals surface area contributed by atoms with E-state index in [2.05, 4.69) is 59.3 Å². The van der Waals surface area contributed by atoms with Gasteiger partial charge in [-0.3, -0.25) is 0 Å². The van der Waals surface area contributed by atoms with Gasteiger partial charge in [-0.15, -0.1) is 11.6 Å². The number of alkyl halides is 1. The lowest BCUT2D eigenvalue weighted by Gasteiger charge is -2.19. The second-order valence-electron chi connectivity index (χ2n) is 5.60. The van der Waals surface area contributed by atoms with E-state index in [1.54, 1.807) is 0 Å². The van der Waals surface area contributed by atoms with Crippen molar-refractivity contribution in [3.8, 4) is 0 Å². The zero-order chi connectivity index (χ0) is 14.1. The summed E-state index contributed by atoms with van der Waals surface area (Å²) < 4.78 is 1.08. The average Bonchev–Trinajstić information content (AvgIpc) is 2.48. The van der Waals surface area contributed by atoms with Crippen LogP contribution in [-0.2, 0) is 12.8 Å². The number of fused-ring (bicyclic) bond motifs is 1. The first-order valence-corrected chi connectivity index (χ1v) is 8.40. The van der Waals surface area contributed by atoms with Crippen LogP contribution in [0, 0.1) is 6.92 Å². The Bertz CT molecular complexity index is 633. The molecule has 1 atom stereocenters. The molecule has 0 radical (unpaired) electrons. The molecule has 3 rings (SSSR count). The van der Waals surface area contributed by atoms with Gasteiger partial charge in [0.05, 0.1) is 5.38 Å². The SMILES string of the molecule is Cc1ccc(Br)cc1C(Cl)c1ccc2c(c1)CCCC2. The van der Waals surface area contributed by atoms with Crippen molar-refractivity contribution < 1.29 is 0 Å². The first kappa shape index (κ1) is 14.2. The van der Waals surface area contributed by atoms with Crippen LogP contribution in [0.1, 0.15) is 46.0 Å². The summed E-state index contributed by atoms with van der Waals surface area (Å²) in [5.74, 6) is 0. The molecule has 104 valence electrons. The Kier molecular flexibility index (Phi) is 4.18. The van der Waals surface area contributed by atoms with Crippen LogP contribution in [0.4, 0.5) is 0 Å². The molecule has 2 aromatic carbocycles. The monoisotopic (exact) mass is 348 g/mol. The van der Waals surface area contributed by atoms with Crippen LogP contribution in [0.15, 0.2) is 40.9 Å². The molecule has 1 aliphatic carbocycles. The summed E-state index contributed by atoms with van der Waals surface area (Å²) in [5.41, 5.74) is 6.65. The van der Waals surface area contributed by atoms with E-state index in [0.717, 1.165) is 4.47 Å². The van der Waals surface area contributed by atoms with E-state index in [-0.39, 0.29) is 5.38 Å². The van der Waals surface area contributed by atoms with Crippen LogP contribution in [0.5, 0.6) is 0 Å². The highest BCUT2D eigenvalue weighted by atomic mass is 79.9. The maximum atomic E-state index is 6.73. The fraction of sp³-hybridized carbons (Fsp3) is 0.333. The number of hydrogen-bond donors (Lipinski definition) is 0. The predicted molar refractivity (Wildman–Crippen MR) is 89.7 cm³/mol. The molecule has 0 nitrogen and oxygen atoms in total. The van der Waals surface area contributed by atoms with E-state index in [1.165, 1.54) is 53.5 Å². The molecule has 0 fully saturated rings. The van der Waals surface area contributed by atoms with Crippen LogP contribution in [0.25, 0.3) is 0 Å². The standard InChI is InChI=1S/C18H18BrCl/c1-12-6-9-16(19)11-17(12)18(20)15-8-7-13-4-2-3-5-14(13)10-15/h6-11,18H,2-5H2,1H3. The molecule has 1 unspecified atom stereocenters. The molecule has 0 saturated carbocycles. The third-order valence-electron chi connectivity index (χ3n) is 4.18. The minimum Gasteiger partial charge on any atom is -0.113 e. The zero-order valence-electron chi connectivity index (χ0n) is 11.6. The predicted octanol–water partition coefficient (Wildman–Crippen LogP) is 5.96. The van der Waals surface area contributed by atoms with E-state index in [0.29, 0.717) is 0 Å². The first-order valence-electron chi connectivity index (χ1n) is 7.17. The largest absolute Gasteiger partial charge is 0.113 e. The van der Waals surface area contributed by atoms with Crippen LogP contribution < -0.4 is 0 Å². The molecule has 0 spiro atoms.